The largest absolute Gasteiger partial charge is 0.380 e. The second-order valence-electron chi connectivity index (χ2n) is 6.06. The predicted octanol–water partition coefficient (Wildman–Crippen LogP) is 3.65. The third-order valence-corrected chi connectivity index (χ3v) is 4.20. The molecule has 0 amide bonds. The summed E-state index contributed by atoms with van der Waals surface area (Å²) in [5.74, 6) is 0.628. The Morgan fingerprint density at radius 2 is 2.24 bits per heavy atom. The van der Waals surface area contributed by atoms with Gasteiger partial charge >= 0.3 is 0 Å². The van der Waals surface area contributed by atoms with Gasteiger partial charge in [-0.1, -0.05) is 19.9 Å². The summed E-state index contributed by atoms with van der Waals surface area (Å²) in [5.41, 5.74) is 1.80. The average Bonchev–Trinajstić information content (AvgIpc) is 2.89. The molecule has 1 aromatic rings. The molecule has 1 saturated heterocycles. The van der Waals surface area contributed by atoms with Crippen molar-refractivity contribution < 1.29 is 4.92 Å². The van der Waals surface area contributed by atoms with Crippen LogP contribution in [0.1, 0.15) is 39.2 Å². The summed E-state index contributed by atoms with van der Waals surface area (Å²) in [6, 6.07) is 6.14. The highest BCUT2D eigenvalue weighted by Crippen LogP contribution is 2.29. The second kappa shape index (κ2) is 6.89. The predicted molar refractivity (Wildman–Crippen MR) is 85.5 cm³/mol. The number of hydrogen-bond acceptors (Lipinski definition) is 4. The summed E-state index contributed by atoms with van der Waals surface area (Å²) in [6.45, 7) is 9.01. The minimum absolute atomic E-state index is 0.176. The zero-order valence-corrected chi connectivity index (χ0v) is 13.1. The molecule has 1 aliphatic heterocycles. The van der Waals surface area contributed by atoms with E-state index in [2.05, 4.69) is 24.1 Å². The van der Waals surface area contributed by atoms with E-state index in [1.807, 2.05) is 19.1 Å². The Morgan fingerprint density at radius 3 is 2.86 bits per heavy atom. The summed E-state index contributed by atoms with van der Waals surface area (Å²) >= 11 is 0. The molecular weight excluding hydrogens is 266 g/mol. The highest BCUT2D eigenvalue weighted by atomic mass is 16.6. The molecule has 0 aromatic heterocycles. The number of nitro benzene ring substituents is 1. The quantitative estimate of drug-likeness (QED) is 0.642. The van der Waals surface area contributed by atoms with Gasteiger partial charge in [0.1, 0.15) is 5.69 Å². The van der Waals surface area contributed by atoms with Gasteiger partial charge in [-0.25, -0.2) is 0 Å². The maximum Gasteiger partial charge on any atom is 0.292 e. The summed E-state index contributed by atoms with van der Waals surface area (Å²) in [4.78, 5) is 13.4. The monoisotopic (exact) mass is 291 g/mol. The molecule has 1 heterocycles. The molecule has 0 aliphatic carbocycles. The first-order chi connectivity index (χ1) is 10.0. The number of anilines is 1. The number of nitro groups is 1. The number of hydrogen-bond donors (Lipinski definition) is 1. The van der Waals surface area contributed by atoms with E-state index in [0.29, 0.717) is 24.2 Å². The first-order valence-electron chi connectivity index (χ1n) is 7.78. The Bertz CT molecular complexity index is 502. The second-order valence-corrected chi connectivity index (χ2v) is 6.06. The van der Waals surface area contributed by atoms with Gasteiger partial charge in [0.15, 0.2) is 0 Å². The van der Waals surface area contributed by atoms with Crippen molar-refractivity contribution in [3.63, 3.8) is 0 Å². The van der Waals surface area contributed by atoms with Gasteiger partial charge < -0.3 is 5.32 Å². The van der Waals surface area contributed by atoms with Gasteiger partial charge in [0, 0.05) is 25.2 Å². The van der Waals surface area contributed by atoms with E-state index in [1.54, 1.807) is 6.07 Å². The molecule has 1 N–H and O–H groups in total. The van der Waals surface area contributed by atoms with Crippen LogP contribution in [0.15, 0.2) is 18.2 Å². The van der Waals surface area contributed by atoms with Gasteiger partial charge in [0.25, 0.3) is 5.69 Å². The van der Waals surface area contributed by atoms with E-state index < -0.39 is 0 Å². The number of likely N-dealkylation sites (tertiary alicyclic amines) is 1. The lowest BCUT2D eigenvalue weighted by atomic mass is 10.0. The van der Waals surface area contributed by atoms with E-state index in [9.17, 15) is 10.1 Å². The number of nitrogens with one attached hydrogen (secondary N) is 1. The van der Waals surface area contributed by atoms with E-state index in [1.165, 1.54) is 12.8 Å². The first-order valence-corrected chi connectivity index (χ1v) is 7.78. The normalized spacial score (nSPS) is 19.1. The molecule has 0 saturated carbocycles. The van der Waals surface area contributed by atoms with Gasteiger partial charge in [-0.15, -0.1) is 0 Å². The van der Waals surface area contributed by atoms with E-state index >= 15 is 0 Å². The van der Waals surface area contributed by atoms with E-state index in [0.717, 1.165) is 18.7 Å². The van der Waals surface area contributed by atoms with Crippen molar-refractivity contribution in [3.05, 3.63) is 33.9 Å². The van der Waals surface area contributed by atoms with Crippen molar-refractivity contribution in [2.75, 3.05) is 18.4 Å². The Morgan fingerprint density at radius 1 is 1.48 bits per heavy atom. The summed E-state index contributed by atoms with van der Waals surface area (Å²) in [5, 5.41) is 14.3. The fourth-order valence-corrected chi connectivity index (χ4v) is 3.20. The average molecular weight is 291 g/mol. The van der Waals surface area contributed by atoms with Gasteiger partial charge in [-0.05, 0) is 43.9 Å². The van der Waals surface area contributed by atoms with Crippen LogP contribution in [0.2, 0.25) is 0 Å². The molecule has 1 atom stereocenters. The molecule has 1 fully saturated rings. The minimum Gasteiger partial charge on any atom is -0.380 e. The van der Waals surface area contributed by atoms with E-state index in [-0.39, 0.29) is 10.6 Å². The van der Waals surface area contributed by atoms with Crippen LogP contribution >= 0.6 is 0 Å². The fourth-order valence-electron chi connectivity index (χ4n) is 3.20. The highest BCUT2D eigenvalue weighted by Gasteiger charge is 2.27. The standard InChI is InChI=1S/C16H25N3O2/c1-4-17-14-8-7-13(10-16(14)19(20)21)11-18-9-5-6-15(18)12(2)3/h7-8,10,12,15,17H,4-6,9,11H2,1-3H3. The Balaban J connectivity index is 2.17. The van der Waals surface area contributed by atoms with Gasteiger partial charge in [0.2, 0.25) is 0 Å². The Kier molecular flexibility index (Phi) is 5.17. The first kappa shape index (κ1) is 15.8. The molecular formula is C16H25N3O2. The molecule has 0 radical (unpaired) electrons. The van der Waals surface area contributed by atoms with Crippen molar-refractivity contribution in [1.29, 1.82) is 0 Å². The molecule has 0 bridgehead atoms. The number of benzene rings is 1. The molecule has 5 heteroatoms. The SMILES string of the molecule is CCNc1ccc(CN2CCCC2C(C)C)cc1[N+](=O)[O-]. The Hall–Kier alpha value is -1.62. The lowest BCUT2D eigenvalue weighted by molar-refractivity contribution is -0.384. The topological polar surface area (TPSA) is 58.4 Å². The van der Waals surface area contributed by atoms with E-state index in [4.69, 9.17) is 0 Å². The van der Waals surface area contributed by atoms with Crippen LogP contribution in [0.5, 0.6) is 0 Å². The zero-order chi connectivity index (χ0) is 15.4. The third-order valence-electron chi connectivity index (χ3n) is 4.20. The van der Waals surface area contributed by atoms with Crippen LogP contribution in [-0.2, 0) is 6.54 Å². The molecule has 116 valence electrons. The number of nitrogens with zero attached hydrogens (tertiary/aromatic N) is 2. The zero-order valence-electron chi connectivity index (χ0n) is 13.1. The summed E-state index contributed by atoms with van der Waals surface area (Å²) in [7, 11) is 0. The summed E-state index contributed by atoms with van der Waals surface area (Å²) in [6.07, 6.45) is 2.45. The molecule has 1 unspecified atom stereocenters. The van der Waals surface area contributed by atoms with Crippen LogP contribution in [-0.4, -0.2) is 29.0 Å². The molecule has 1 aromatic carbocycles. The highest BCUT2D eigenvalue weighted by molar-refractivity contribution is 5.62. The van der Waals surface area contributed by atoms with Crippen molar-refractivity contribution in [1.82, 2.24) is 4.90 Å². The van der Waals surface area contributed by atoms with Crippen LogP contribution in [0.25, 0.3) is 0 Å². The molecule has 5 nitrogen and oxygen atoms in total. The Labute approximate surface area is 126 Å². The van der Waals surface area contributed by atoms with Crippen molar-refractivity contribution in [2.24, 2.45) is 5.92 Å². The maximum atomic E-state index is 11.2. The molecule has 2 rings (SSSR count). The number of rotatable bonds is 6. The van der Waals surface area contributed by atoms with Crippen molar-refractivity contribution >= 4 is 11.4 Å². The lowest BCUT2D eigenvalue weighted by Crippen LogP contribution is -2.32. The summed E-state index contributed by atoms with van der Waals surface area (Å²) < 4.78 is 0. The molecule has 21 heavy (non-hydrogen) atoms. The molecule has 1 aliphatic rings. The minimum atomic E-state index is -0.300. The smallest absolute Gasteiger partial charge is 0.292 e. The third kappa shape index (κ3) is 3.73. The maximum absolute atomic E-state index is 11.2. The van der Waals surface area contributed by atoms with Gasteiger partial charge in [-0.3, -0.25) is 15.0 Å². The van der Waals surface area contributed by atoms with Crippen LogP contribution < -0.4 is 5.32 Å². The lowest BCUT2D eigenvalue weighted by Gasteiger charge is -2.27. The molecule has 0 spiro atoms. The van der Waals surface area contributed by atoms with Crippen molar-refractivity contribution in [2.45, 2.75) is 46.2 Å². The van der Waals surface area contributed by atoms with Crippen molar-refractivity contribution in [3.8, 4) is 0 Å². The van der Waals surface area contributed by atoms with Gasteiger partial charge in [0.05, 0.1) is 4.92 Å². The fraction of sp³-hybridized carbons (Fsp3) is 0.625. The van der Waals surface area contributed by atoms with Crippen LogP contribution in [0, 0.1) is 16.0 Å². The van der Waals surface area contributed by atoms with Crippen LogP contribution in [0.4, 0.5) is 11.4 Å². The van der Waals surface area contributed by atoms with Gasteiger partial charge in [-0.2, -0.15) is 0 Å². The van der Waals surface area contributed by atoms with Crippen LogP contribution in [0.3, 0.4) is 0 Å².